The van der Waals surface area contributed by atoms with Gasteiger partial charge in [-0.2, -0.15) is 15.3 Å². The summed E-state index contributed by atoms with van der Waals surface area (Å²) >= 11 is 0. The van der Waals surface area contributed by atoms with Crippen molar-refractivity contribution >= 4 is 11.9 Å². The highest BCUT2D eigenvalue weighted by molar-refractivity contribution is 5.88. The van der Waals surface area contributed by atoms with Crippen LogP contribution in [0.5, 0.6) is 0 Å². The number of nitrogens with zero attached hydrogens (tertiary/aromatic N) is 5. The standard InChI is InChI=1S/C18H23N5O3/c1-3-4-8-18(20-21-18)9-5-16(24)22-10-6-14(7-11-22)23-13(2)15(12-19-23)17(25)26/h1,12,14H,4-11H2,2H3,(H,25,26). The molecule has 1 saturated heterocycles. The third kappa shape index (κ3) is 3.77. The quantitative estimate of drug-likeness (QED) is 0.757. The lowest BCUT2D eigenvalue weighted by atomic mass is 10.0. The maximum Gasteiger partial charge on any atom is 0.339 e. The molecule has 1 N–H and O–H groups in total. The summed E-state index contributed by atoms with van der Waals surface area (Å²) < 4.78 is 1.78. The number of carboxylic acids is 1. The van der Waals surface area contributed by atoms with Crippen LogP contribution in [0.3, 0.4) is 0 Å². The Labute approximate surface area is 152 Å². The van der Waals surface area contributed by atoms with Crippen molar-refractivity contribution in [2.24, 2.45) is 10.2 Å². The molecule has 3 rings (SSSR count). The van der Waals surface area contributed by atoms with Gasteiger partial charge in [-0.25, -0.2) is 4.79 Å². The molecule has 2 aliphatic heterocycles. The predicted octanol–water partition coefficient (Wildman–Crippen LogP) is 2.41. The average molecular weight is 357 g/mol. The molecule has 3 heterocycles. The molecule has 1 amide bonds. The van der Waals surface area contributed by atoms with Gasteiger partial charge in [0.05, 0.1) is 17.9 Å². The van der Waals surface area contributed by atoms with Gasteiger partial charge in [0.1, 0.15) is 5.56 Å². The van der Waals surface area contributed by atoms with E-state index in [0.717, 1.165) is 12.8 Å². The summed E-state index contributed by atoms with van der Waals surface area (Å²) in [7, 11) is 0. The molecule has 0 radical (unpaired) electrons. The molecule has 8 nitrogen and oxygen atoms in total. The van der Waals surface area contributed by atoms with E-state index in [4.69, 9.17) is 11.5 Å². The smallest absolute Gasteiger partial charge is 0.339 e. The maximum absolute atomic E-state index is 12.5. The Hall–Kier alpha value is -2.69. The third-order valence-electron chi connectivity index (χ3n) is 5.23. The highest BCUT2D eigenvalue weighted by Crippen LogP contribution is 2.38. The van der Waals surface area contributed by atoms with Crippen molar-refractivity contribution in [1.82, 2.24) is 14.7 Å². The van der Waals surface area contributed by atoms with E-state index in [1.165, 1.54) is 6.20 Å². The zero-order chi connectivity index (χ0) is 18.7. The van der Waals surface area contributed by atoms with Crippen LogP contribution >= 0.6 is 0 Å². The summed E-state index contributed by atoms with van der Waals surface area (Å²) in [5, 5.41) is 21.5. The third-order valence-corrected chi connectivity index (χ3v) is 5.23. The van der Waals surface area contributed by atoms with Gasteiger partial charge in [-0.15, -0.1) is 12.3 Å². The maximum atomic E-state index is 12.5. The Balaban J connectivity index is 1.48. The van der Waals surface area contributed by atoms with Gasteiger partial charge in [0.2, 0.25) is 5.91 Å². The van der Waals surface area contributed by atoms with Crippen LogP contribution in [-0.2, 0) is 4.79 Å². The Bertz CT molecular complexity index is 762. The Kier molecular flexibility index (Phi) is 5.07. The molecule has 2 aliphatic rings. The van der Waals surface area contributed by atoms with Gasteiger partial charge in [-0.1, -0.05) is 0 Å². The zero-order valence-corrected chi connectivity index (χ0v) is 14.9. The fourth-order valence-electron chi connectivity index (χ4n) is 3.49. The second-order valence-electron chi connectivity index (χ2n) is 6.89. The van der Waals surface area contributed by atoms with Gasteiger partial charge >= 0.3 is 5.97 Å². The van der Waals surface area contributed by atoms with Gasteiger partial charge in [-0.3, -0.25) is 9.48 Å². The van der Waals surface area contributed by atoms with Crippen LogP contribution in [0.2, 0.25) is 0 Å². The molecular formula is C18H23N5O3. The first-order valence-corrected chi connectivity index (χ1v) is 8.88. The van der Waals surface area contributed by atoms with E-state index in [9.17, 15) is 9.59 Å². The summed E-state index contributed by atoms with van der Waals surface area (Å²) in [6, 6.07) is 0.127. The van der Waals surface area contributed by atoms with E-state index in [1.807, 2.05) is 4.90 Å². The molecule has 8 heteroatoms. The van der Waals surface area contributed by atoms with Crippen LogP contribution in [0.4, 0.5) is 0 Å². The molecule has 0 atom stereocenters. The summed E-state index contributed by atoms with van der Waals surface area (Å²) in [6.07, 6.45) is 10.6. The van der Waals surface area contributed by atoms with Crippen LogP contribution < -0.4 is 0 Å². The Morgan fingerprint density at radius 2 is 2.04 bits per heavy atom. The number of aromatic nitrogens is 2. The molecule has 0 aromatic carbocycles. The molecule has 0 spiro atoms. The van der Waals surface area contributed by atoms with E-state index < -0.39 is 11.6 Å². The minimum Gasteiger partial charge on any atom is -0.478 e. The van der Waals surface area contributed by atoms with Crippen molar-refractivity contribution in [2.75, 3.05) is 13.1 Å². The molecule has 1 aromatic rings. The number of likely N-dealkylation sites (tertiary alicyclic amines) is 1. The molecule has 26 heavy (non-hydrogen) atoms. The fraction of sp³-hybridized carbons (Fsp3) is 0.611. The molecule has 0 bridgehead atoms. The largest absolute Gasteiger partial charge is 0.478 e. The lowest BCUT2D eigenvalue weighted by Crippen LogP contribution is -2.39. The van der Waals surface area contributed by atoms with Crippen LogP contribution in [0, 0.1) is 19.3 Å². The van der Waals surface area contributed by atoms with E-state index in [0.29, 0.717) is 44.5 Å². The lowest BCUT2D eigenvalue weighted by molar-refractivity contribution is -0.132. The van der Waals surface area contributed by atoms with Crippen LogP contribution in [0.1, 0.15) is 60.6 Å². The van der Waals surface area contributed by atoms with Crippen LogP contribution in [0.25, 0.3) is 0 Å². The van der Waals surface area contributed by atoms with Gasteiger partial charge in [0.25, 0.3) is 0 Å². The molecule has 138 valence electrons. The van der Waals surface area contributed by atoms with E-state index in [2.05, 4.69) is 21.2 Å². The van der Waals surface area contributed by atoms with Gasteiger partial charge in [0.15, 0.2) is 5.66 Å². The lowest BCUT2D eigenvalue weighted by Gasteiger charge is -2.33. The number of carbonyl (C=O) groups is 2. The normalized spacial score (nSPS) is 18.5. The van der Waals surface area contributed by atoms with Crippen molar-refractivity contribution in [1.29, 1.82) is 0 Å². The predicted molar refractivity (Wildman–Crippen MR) is 93.7 cm³/mol. The van der Waals surface area contributed by atoms with Gasteiger partial charge < -0.3 is 10.0 Å². The monoisotopic (exact) mass is 357 g/mol. The molecule has 0 saturated carbocycles. The first kappa shape index (κ1) is 18.1. The summed E-state index contributed by atoms with van der Waals surface area (Å²) in [4.78, 5) is 25.5. The number of aromatic carboxylic acids is 1. The first-order valence-electron chi connectivity index (χ1n) is 8.88. The summed E-state index contributed by atoms with van der Waals surface area (Å²) in [5.41, 5.74) is 0.479. The van der Waals surface area contributed by atoms with Crippen molar-refractivity contribution in [3.05, 3.63) is 17.5 Å². The average Bonchev–Trinajstić information content (AvgIpc) is 3.31. The number of hydrogen-bond acceptors (Lipinski definition) is 5. The van der Waals surface area contributed by atoms with Crippen LogP contribution in [-0.4, -0.2) is 50.4 Å². The zero-order valence-electron chi connectivity index (χ0n) is 14.9. The fourth-order valence-corrected chi connectivity index (χ4v) is 3.49. The highest BCUT2D eigenvalue weighted by atomic mass is 16.4. The molecule has 1 fully saturated rings. The summed E-state index contributed by atoms with van der Waals surface area (Å²) in [5.74, 6) is 1.74. The molecular weight excluding hydrogens is 334 g/mol. The second-order valence-corrected chi connectivity index (χ2v) is 6.89. The van der Waals surface area contributed by atoms with Crippen molar-refractivity contribution < 1.29 is 14.7 Å². The highest BCUT2D eigenvalue weighted by Gasteiger charge is 2.39. The molecule has 0 aliphatic carbocycles. The number of hydrogen-bond donors (Lipinski definition) is 1. The van der Waals surface area contributed by atoms with Gasteiger partial charge in [-0.05, 0) is 19.8 Å². The number of rotatable bonds is 7. The summed E-state index contributed by atoms with van der Waals surface area (Å²) in [6.45, 7) is 3.07. The number of amides is 1. The van der Waals surface area contributed by atoms with Gasteiger partial charge in [0, 0.05) is 38.8 Å². The Morgan fingerprint density at radius 3 is 2.58 bits per heavy atom. The van der Waals surface area contributed by atoms with Crippen molar-refractivity contribution in [3.8, 4) is 12.3 Å². The van der Waals surface area contributed by atoms with Crippen molar-refractivity contribution in [2.45, 2.75) is 57.2 Å². The Morgan fingerprint density at radius 1 is 1.35 bits per heavy atom. The molecule has 1 aromatic heterocycles. The van der Waals surface area contributed by atoms with Crippen molar-refractivity contribution in [3.63, 3.8) is 0 Å². The number of carboxylic acid groups (broad SMARTS) is 1. The molecule has 0 unspecified atom stereocenters. The minimum atomic E-state index is -0.962. The van der Waals surface area contributed by atoms with Crippen LogP contribution in [0.15, 0.2) is 16.4 Å². The number of piperidine rings is 1. The topological polar surface area (TPSA) is 100 Å². The minimum absolute atomic E-state index is 0.115. The SMILES string of the molecule is C#CCCC1(CCC(=O)N2CCC(n3ncc(C(=O)O)c3C)CC2)N=N1. The number of terminal acetylenes is 1. The van der Waals surface area contributed by atoms with E-state index >= 15 is 0 Å². The van der Waals surface area contributed by atoms with E-state index in [1.54, 1.807) is 11.6 Å². The second kappa shape index (κ2) is 7.28. The van der Waals surface area contributed by atoms with E-state index in [-0.39, 0.29) is 17.5 Å². The first-order chi connectivity index (χ1) is 12.5. The number of carbonyl (C=O) groups excluding carboxylic acids is 1.